The van der Waals surface area contributed by atoms with Gasteiger partial charge in [0, 0.05) is 11.5 Å². The molecule has 1 aromatic rings. The average molecular weight is 196 g/mol. The molecule has 0 aromatic heterocycles. The third-order valence-electron chi connectivity index (χ3n) is 2.48. The number of rotatable bonds is 2. The Balaban J connectivity index is 2.41. The molecule has 1 aliphatic rings. The first-order valence-corrected chi connectivity index (χ1v) is 4.59. The van der Waals surface area contributed by atoms with Gasteiger partial charge in [0.05, 0.1) is 0 Å². The molecule has 0 spiro atoms. The second-order valence-corrected chi connectivity index (χ2v) is 3.72. The largest absolute Gasteiger partial charge is 0.294 e. The summed E-state index contributed by atoms with van der Waals surface area (Å²) in [7, 11) is 0. The van der Waals surface area contributed by atoms with Crippen molar-refractivity contribution in [1.29, 1.82) is 0 Å². The highest BCUT2D eigenvalue weighted by atomic mass is 19.2. The predicted molar refractivity (Wildman–Crippen MR) is 48.1 cm³/mol. The van der Waals surface area contributed by atoms with Gasteiger partial charge in [-0.15, -0.1) is 0 Å². The van der Waals surface area contributed by atoms with Crippen LogP contribution in [0.5, 0.6) is 0 Å². The number of carbonyl (C=O) groups excluding carboxylic acids is 1. The summed E-state index contributed by atoms with van der Waals surface area (Å²) in [6.07, 6.45) is 1.74. The molecule has 0 aliphatic heterocycles. The maximum Gasteiger partial charge on any atom is 0.166 e. The molecule has 0 amide bonds. The van der Waals surface area contributed by atoms with Crippen LogP contribution in [0.15, 0.2) is 12.1 Å². The summed E-state index contributed by atoms with van der Waals surface area (Å²) >= 11 is 0. The molecule has 3 heteroatoms. The van der Waals surface area contributed by atoms with Crippen LogP contribution in [-0.4, -0.2) is 5.78 Å². The third kappa shape index (κ3) is 1.54. The van der Waals surface area contributed by atoms with Gasteiger partial charge in [-0.3, -0.25) is 4.79 Å². The van der Waals surface area contributed by atoms with Crippen molar-refractivity contribution in [1.82, 2.24) is 0 Å². The number of ketones is 1. The molecule has 2 rings (SSSR count). The van der Waals surface area contributed by atoms with E-state index in [1.54, 1.807) is 6.92 Å². The molecule has 1 nitrogen and oxygen atoms in total. The molecule has 1 saturated carbocycles. The van der Waals surface area contributed by atoms with Gasteiger partial charge in [-0.05, 0) is 37.5 Å². The number of Topliss-reactive ketones (excluding diaryl/α,β-unsaturated/α-hetero) is 1. The number of aryl methyl sites for hydroxylation is 1. The first kappa shape index (κ1) is 9.31. The van der Waals surface area contributed by atoms with Crippen LogP contribution in [0.25, 0.3) is 0 Å². The summed E-state index contributed by atoms with van der Waals surface area (Å²) in [4.78, 5) is 11.6. The molecule has 0 unspecified atom stereocenters. The molecular formula is C11H10F2O. The van der Waals surface area contributed by atoms with Crippen LogP contribution in [0.4, 0.5) is 8.78 Å². The quantitative estimate of drug-likeness (QED) is 0.665. The van der Waals surface area contributed by atoms with Crippen molar-refractivity contribution < 1.29 is 13.6 Å². The van der Waals surface area contributed by atoms with E-state index < -0.39 is 11.6 Å². The first-order valence-electron chi connectivity index (χ1n) is 4.59. The number of hydrogen-bond acceptors (Lipinski definition) is 1. The summed E-state index contributed by atoms with van der Waals surface area (Å²) < 4.78 is 25.6. The highest BCUT2D eigenvalue weighted by Gasteiger charge is 2.31. The van der Waals surface area contributed by atoms with E-state index in [9.17, 15) is 13.6 Å². The lowest BCUT2D eigenvalue weighted by molar-refractivity contribution is 0.0966. The Morgan fingerprint density at radius 3 is 2.43 bits per heavy atom. The lowest BCUT2D eigenvalue weighted by Gasteiger charge is -2.04. The monoisotopic (exact) mass is 196 g/mol. The van der Waals surface area contributed by atoms with Crippen LogP contribution in [0.3, 0.4) is 0 Å². The molecule has 0 bridgehead atoms. The molecule has 1 aromatic carbocycles. The summed E-state index contributed by atoms with van der Waals surface area (Å²) in [5, 5.41) is 0. The van der Waals surface area contributed by atoms with E-state index in [1.165, 1.54) is 0 Å². The molecule has 1 fully saturated rings. The molecule has 0 radical (unpaired) electrons. The Kier molecular flexibility index (Phi) is 2.10. The molecule has 1 aliphatic carbocycles. The van der Waals surface area contributed by atoms with Crippen LogP contribution in [0.1, 0.15) is 28.8 Å². The van der Waals surface area contributed by atoms with Crippen LogP contribution in [0, 0.1) is 24.5 Å². The van der Waals surface area contributed by atoms with E-state index in [1.807, 2.05) is 0 Å². The maximum atomic E-state index is 12.9. The zero-order chi connectivity index (χ0) is 10.3. The zero-order valence-corrected chi connectivity index (χ0v) is 7.81. The van der Waals surface area contributed by atoms with Crippen LogP contribution in [-0.2, 0) is 0 Å². The van der Waals surface area contributed by atoms with E-state index in [0.29, 0.717) is 11.1 Å². The minimum atomic E-state index is -0.945. The molecular weight excluding hydrogens is 186 g/mol. The van der Waals surface area contributed by atoms with E-state index in [2.05, 4.69) is 0 Å². The Bertz CT molecular complexity index is 395. The molecule has 0 atom stereocenters. The van der Waals surface area contributed by atoms with Crippen molar-refractivity contribution in [3.63, 3.8) is 0 Å². The fourth-order valence-corrected chi connectivity index (χ4v) is 1.48. The van der Waals surface area contributed by atoms with Gasteiger partial charge in [-0.25, -0.2) is 8.78 Å². The summed E-state index contributed by atoms with van der Waals surface area (Å²) in [6, 6.07) is 2.08. The van der Waals surface area contributed by atoms with Gasteiger partial charge >= 0.3 is 0 Å². The minimum absolute atomic E-state index is 0.0403. The fraction of sp³-hybridized carbons (Fsp3) is 0.364. The molecule has 0 saturated heterocycles. The second-order valence-electron chi connectivity index (χ2n) is 3.72. The highest BCUT2D eigenvalue weighted by Crippen LogP contribution is 2.33. The zero-order valence-electron chi connectivity index (χ0n) is 7.81. The van der Waals surface area contributed by atoms with Gasteiger partial charge in [0.25, 0.3) is 0 Å². The van der Waals surface area contributed by atoms with Crippen molar-refractivity contribution in [3.05, 3.63) is 34.9 Å². The molecule has 0 heterocycles. The number of halogens is 2. The minimum Gasteiger partial charge on any atom is -0.294 e. The normalized spacial score (nSPS) is 15.6. The summed E-state index contributed by atoms with van der Waals surface area (Å²) in [5.41, 5.74) is 0.840. The molecule has 74 valence electrons. The van der Waals surface area contributed by atoms with Crippen LogP contribution >= 0.6 is 0 Å². The van der Waals surface area contributed by atoms with Crippen molar-refractivity contribution in [3.8, 4) is 0 Å². The Labute approximate surface area is 80.7 Å². The SMILES string of the molecule is Cc1cc(F)c(F)cc1C(=O)C1CC1. The molecule has 14 heavy (non-hydrogen) atoms. The van der Waals surface area contributed by atoms with Crippen molar-refractivity contribution >= 4 is 5.78 Å². The van der Waals surface area contributed by atoms with Crippen molar-refractivity contribution in [2.75, 3.05) is 0 Å². The Hall–Kier alpha value is -1.25. The summed E-state index contributed by atoms with van der Waals surface area (Å²) in [5.74, 6) is -1.85. The van der Waals surface area contributed by atoms with Gasteiger partial charge in [-0.1, -0.05) is 0 Å². The lowest BCUT2D eigenvalue weighted by atomic mass is 10.0. The van der Waals surface area contributed by atoms with Crippen molar-refractivity contribution in [2.45, 2.75) is 19.8 Å². The van der Waals surface area contributed by atoms with Gasteiger partial charge in [0.15, 0.2) is 17.4 Å². The van der Waals surface area contributed by atoms with E-state index in [0.717, 1.165) is 25.0 Å². The number of carbonyl (C=O) groups is 1. The maximum absolute atomic E-state index is 12.9. The second kappa shape index (κ2) is 3.15. The predicted octanol–water partition coefficient (Wildman–Crippen LogP) is 2.87. The Morgan fingerprint density at radius 2 is 1.86 bits per heavy atom. The van der Waals surface area contributed by atoms with Crippen molar-refractivity contribution in [2.24, 2.45) is 5.92 Å². The molecule has 0 N–H and O–H groups in total. The highest BCUT2D eigenvalue weighted by molar-refractivity contribution is 6.00. The first-order chi connectivity index (χ1) is 6.59. The van der Waals surface area contributed by atoms with E-state index >= 15 is 0 Å². The van der Waals surface area contributed by atoms with Gasteiger partial charge in [0.1, 0.15) is 0 Å². The van der Waals surface area contributed by atoms with Crippen LogP contribution in [0.2, 0.25) is 0 Å². The average Bonchev–Trinajstić information content (AvgIpc) is 2.93. The van der Waals surface area contributed by atoms with Gasteiger partial charge in [0.2, 0.25) is 0 Å². The Morgan fingerprint density at radius 1 is 1.29 bits per heavy atom. The lowest BCUT2D eigenvalue weighted by Crippen LogP contribution is -2.05. The van der Waals surface area contributed by atoms with E-state index in [-0.39, 0.29) is 11.7 Å². The summed E-state index contributed by atoms with van der Waals surface area (Å²) in [6.45, 7) is 1.62. The third-order valence-corrected chi connectivity index (χ3v) is 2.48. The van der Waals surface area contributed by atoms with Gasteiger partial charge < -0.3 is 0 Å². The van der Waals surface area contributed by atoms with Crippen LogP contribution < -0.4 is 0 Å². The fourth-order valence-electron chi connectivity index (χ4n) is 1.48. The topological polar surface area (TPSA) is 17.1 Å². The standard InChI is InChI=1S/C11H10F2O/c1-6-4-9(12)10(13)5-8(6)11(14)7-2-3-7/h4-5,7H,2-3H2,1H3. The van der Waals surface area contributed by atoms with E-state index in [4.69, 9.17) is 0 Å². The number of hydrogen-bond donors (Lipinski definition) is 0. The number of benzene rings is 1. The smallest absolute Gasteiger partial charge is 0.166 e. The van der Waals surface area contributed by atoms with Gasteiger partial charge in [-0.2, -0.15) is 0 Å².